The number of rotatable bonds is 28. The van der Waals surface area contributed by atoms with Crippen LogP contribution in [0.5, 0.6) is 5.75 Å². The van der Waals surface area contributed by atoms with Gasteiger partial charge in [-0.1, -0.05) is 173 Å². The molecule has 3 saturated heterocycles. The van der Waals surface area contributed by atoms with Crippen molar-refractivity contribution < 1.29 is 114 Å². The molecule has 0 spiro atoms. The van der Waals surface area contributed by atoms with Gasteiger partial charge in [0, 0.05) is 35.5 Å². The van der Waals surface area contributed by atoms with Crippen LogP contribution in [-0.4, -0.2) is 138 Å². The number of hydrogen-bond acceptors (Lipinski definition) is 25. The Morgan fingerprint density at radius 2 is 0.790 bits per heavy atom. The zero-order valence-electron chi connectivity index (χ0n) is 88.2. The summed E-state index contributed by atoms with van der Waals surface area (Å²) in [7, 11) is 0. The number of nitriles is 1. The monoisotopic (exact) mass is 1920 g/mol. The van der Waals surface area contributed by atoms with Crippen LogP contribution in [0.3, 0.4) is 0 Å². The van der Waals surface area contributed by atoms with E-state index in [4.69, 9.17) is 56.8 Å². The molecule has 3 heterocycles. The number of carbonyl (C=O) groups is 12. The van der Waals surface area contributed by atoms with E-state index in [9.17, 15) is 62.8 Å². The third-order valence-corrected chi connectivity index (χ3v) is 30.3. The molecule has 6 bridgehead atoms. The summed E-state index contributed by atoms with van der Waals surface area (Å²) < 4.78 is 64.0. The zero-order valence-corrected chi connectivity index (χ0v) is 88.2. The van der Waals surface area contributed by atoms with Crippen LogP contribution in [-0.2, 0) is 110 Å². The van der Waals surface area contributed by atoms with Crippen molar-refractivity contribution in [1.29, 1.82) is 5.26 Å². The van der Waals surface area contributed by atoms with Gasteiger partial charge in [-0.15, -0.1) is 0 Å². The van der Waals surface area contributed by atoms with Crippen molar-refractivity contribution >= 4 is 71.6 Å². The summed E-state index contributed by atoms with van der Waals surface area (Å²) in [4.78, 5) is 141. The van der Waals surface area contributed by atoms with Crippen molar-refractivity contribution in [2.24, 2.45) is 91.2 Å². The summed E-state index contributed by atoms with van der Waals surface area (Å²) in [6.45, 7) is 54.6. The fourth-order valence-electron chi connectivity index (χ4n) is 18.0. The number of esters is 12. The Hall–Kier alpha value is -9.99. The van der Waals surface area contributed by atoms with Gasteiger partial charge in [0.05, 0.1) is 56.3 Å². The molecule has 17 atom stereocenters. The molecule has 25 nitrogen and oxygen atoms in total. The molecular formula is C113H163NO24. The lowest BCUT2D eigenvalue weighted by molar-refractivity contribution is -0.171. The number of ether oxygens (including phenoxy) is 12. The van der Waals surface area contributed by atoms with E-state index in [1.165, 1.54) is 36.0 Å². The maximum atomic E-state index is 12.2. The Morgan fingerprint density at radius 3 is 1.17 bits per heavy atom. The lowest BCUT2D eigenvalue weighted by atomic mass is 9.74. The molecule has 17 unspecified atom stereocenters. The minimum absolute atomic E-state index is 0.0197. The van der Waals surface area contributed by atoms with E-state index in [1.54, 1.807) is 62.3 Å². The van der Waals surface area contributed by atoms with Crippen LogP contribution < -0.4 is 4.74 Å². The largest absolute Gasteiger partial charge is 0.459 e. The van der Waals surface area contributed by atoms with Crippen molar-refractivity contribution in [2.45, 2.75) is 382 Å². The number of nitrogens with zero attached hydrogens (tertiary/aromatic N) is 1. The summed E-state index contributed by atoms with van der Waals surface area (Å²) in [5.74, 6) is -0.690. The van der Waals surface area contributed by atoms with Crippen LogP contribution in [0.25, 0.3) is 22.3 Å². The number of fused-ring (bicyclic) bond motifs is 3. The van der Waals surface area contributed by atoms with Crippen LogP contribution in [0, 0.1) is 102 Å². The Kier molecular flexibility index (Phi) is 40.4. The maximum absolute atomic E-state index is 12.2. The highest BCUT2D eigenvalue weighted by atomic mass is 16.6. The van der Waals surface area contributed by atoms with Gasteiger partial charge < -0.3 is 56.8 Å². The fourth-order valence-corrected chi connectivity index (χ4v) is 18.0. The van der Waals surface area contributed by atoms with Crippen LogP contribution in [0.2, 0.25) is 0 Å². The first-order valence-corrected chi connectivity index (χ1v) is 50.6. The minimum Gasteiger partial charge on any atom is -0.459 e. The average Bonchev–Trinajstić information content (AvgIpc) is 1.56. The van der Waals surface area contributed by atoms with Crippen LogP contribution >= 0.6 is 0 Å². The summed E-state index contributed by atoms with van der Waals surface area (Å²) >= 11 is 0. The minimum atomic E-state index is -0.974. The van der Waals surface area contributed by atoms with Gasteiger partial charge in [-0.2, -0.15) is 5.26 Å². The lowest BCUT2D eigenvalue weighted by Gasteiger charge is -2.32. The molecule has 7 aliphatic carbocycles. The maximum Gasteiger partial charge on any atom is 0.344 e. The van der Waals surface area contributed by atoms with Crippen LogP contribution in [0.15, 0.2) is 109 Å². The van der Waals surface area contributed by atoms with E-state index in [0.29, 0.717) is 61.0 Å². The molecule has 0 aromatic heterocycles. The molecule has 7 saturated carbocycles. The number of benzene rings is 4. The van der Waals surface area contributed by atoms with E-state index in [0.717, 1.165) is 88.2 Å². The SMILES string of the molecule is CCC(C)(C)C(=O)OC1C2CC3C(=O)OC1C3C2.CCC(C)(C)C(=O)OC1C2CC3C(=O)OC1C3C2.CCC(C)(C)C(=O)OC1C2CC3C1OC(=O)C3(C#N)C2.CCC(C)(C)C(=O)OCC(=O)OC(C)(C)C.CCC(C)(C)C(=O)Oc1ccc(-c2ccccc2)cc1.CCC(C)C(=O)OCC(=O)OC(C)(C)C.CCC(C)c1ccc(-c2ccccc2)cc1.CCC1(OC(=O)C(C)(C)CC)CCCC1. The van der Waals surface area contributed by atoms with Gasteiger partial charge in [0.1, 0.15) is 59.2 Å². The molecule has 3 aliphatic heterocycles. The predicted molar refractivity (Wildman–Crippen MR) is 526 cm³/mol. The first kappa shape index (κ1) is 115. The Bertz CT molecular complexity index is 4730. The number of hydrogen-bond donors (Lipinski definition) is 0. The molecule has 0 amide bonds. The van der Waals surface area contributed by atoms with E-state index in [1.807, 2.05) is 160 Å². The molecule has 0 radical (unpaired) electrons. The smallest absolute Gasteiger partial charge is 0.344 e. The van der Waals surface area contributed by atoms with Gasteiger partial charge in [0.2, 0.25) is 0 Å². The van der Waals surface area contributed by atoms with Crippen molar-refractivity contribution in [3.63, 3.8) is 0 Å². The third-order valence-electron chi connectivity index (χ3n) is 30.3. The molecule has 138 heavy (non-hydrogen) atoms. The first-order chi connectivity index (χ1) is 64.4. The second kappa shape index (κ2) is 48.5. The van der Waals surface area contributed by atoms with Crippen molar-refractivity contribution in [2.75, 3.05) is 13.2 Å². The molecule has 25 heteroatoms. The molecule has 4 aromatic rings. The molecular weight excluding hydrogens is 1760 g/mol. The van der Waals surface area contributed by atoms with Gasteiger partial charge in [-0.05, 0) is 292 Å². The molecule has 10 aliphatic rings. The highest BCUT2D eigenvalue weighted by Gasteiger charge is 2.73. The quantitative estimate of drug-likeness (QED) is 0.0289. The molecule has 4 aromatic carbocycles. The average molecular weight is 1920 g/mol. The molecule has 10 fully saturated rings. The Morgan fingerprint density at radius 1 is 0.420 bits per heavy atom. The van der Waals surface area contributed by atoms with Gasteiger partial charge in [0.15, 0.2) is 18.6 Å². The van der Waals surface area contributed by atoms with Gasteiger partial charge in [-0.25, -0.2) is 9.59 Å². The van der Waals surface area contributed by atoms with Crippen molar-refractivity contribution in [3.8, 4) is 34.1 Å². The van der Waals surface area contributed by atoms with Crippen LogP contribution in [0.1, 0.15) is 334 Å². The Balaban J connectivity index is 0.000000215. The summed E-state index contributed by atoms with van der Waals surface area (Å²) in [5.41, 5.74) is 1.31. The van der Waals surface area contributed by atoms with E-state index < -0.39 is 67.7 Å². The molecule has 0 N–H and O–H groups in total. The second-order valence-corrected chi connectivity index (χ2v) is 45.0. The second-order valence-electron chi connectivity index (χ2n) is 45.0. The molecule has 14 rings (SSSR count). The van der Waals surface area contributed by atoms with Gasteiger partial charge >= 0.3 is 71.6 Å². The van der Waals surface area contributed by atoms with E-state index >= 15 is 0 Å². The van der Waals surface area contributed by atoms with Gasteiger partial charge in [-0.3, -0.25) is 47.9 Å². The van der Waals surface area contributed by atoms with Crippen molar-refractivity contribution in [3.05, 3.63) is 115 Å². The lowest BCUT2D eigenvalue weighted by Crippen LogP contribution is -2.42. The molecule has 764 valence electrons. The normalized spacial score (nSPS) is 24.8. The summed E-state index contributed by atoms with van der Waals surface area (Å²) in [5, 5.41) is 9.31. The Labute approximate surface area is 822 Å². The standard InChI is InChI=1S/C18H20O2.C16H18.C15H19NO4.2C14H20O4.C13H24O2.C12H22O4.C11H20O4/c1-4-18(2,3)17(19)20-16-12-10-15(11-13-16)14-8-6-5-7-9-14;1-3-13(2)14-9-11-16(12-10-14)15-7-5-4-6-8-15;1-4-14(2,3)12(17)19-10-8-5-9-11(10)20-13(18)15(9,6-8)7-16;2*1-4-14(2,3)13(16)18-10-7-5-8-9(6-7)12(15)17-11(8)10;1-5-12(3,4)11(14)15-13(6-2)9-7-8-10-13;1-7-12(5,6)10(14)15-8-9(13)16-11(2,3)4;1-6-8(2)10(13)14-7-9(12)15-11(3,4)5/h5-13H,4H2,1-3H3;4-13H,3H2,1-2H3;8-11H,4-6H2,1-3H3;2*7-11H,4-6H2,1-3H3;5-10H2,1-4H3;7-8H2,1-6H3;8H,6-7H2,1-5H3. The third kappa shape index (κ3) is 29.8. The first-order valence-electron chi connectivity index (χ1n) is 50.6. The van der Waals surface area contributed by atoms with Gasteiger partial charge in [0.25, 0.3) is 0 Å². The predicted octanol–water partition coefficient (Wildman–Crippen LogP) is 23.1. The summed E-state index contributed by atoms with van der Waals surface area (Å²) in [6, 6.07) is 39.3. The fraction of sp³-hybridized carbons (Fsp3) is 0.673. The number of carbonyl (C=O) groups excluding carboxylic acids is 12. The van der Waals surface area contributed by atoms with E-state index in [2.05, 4.69) is 93.6 Å². The van der Waals surface area contributed by atoms with Crippen LogP contribution in [0.4, 0.5) is 0 Å². The summed E-state index contributed by atoms with van der Waals surface area (Å²) in [6.07, 6.45) is 15.1. The topological polar surface area (TPSA) is 339 Å². The highest BCUT2D eigenvalue weighted by Crippen LogP contribution is 2.63. The highest BCUT2D eigenvalue weighted by molar-refractivity contribution is 5.86. The zero-order chi connectivity index (χ0) is 103. The van der Waals surface area contributed by atoms with Crippen molar-refractivity contribution in [1.82, 2.24) is 0 Å². The van der Waals surface area contributed by atoms with E-state index in [-0.39, 0.29) is 138 Å².